The molecule has 5 nitrogen and oxygen atoms in total. The molecule has 0 radical (unpaired) electrons. The van der Waals surface area contributed by atoms with Gasteiger partial charge in [0.25, 0.3) is 0 Å². The van der Waals surface area contributed by atoms with E-state index in [0.717, 1.165) is 29.0 Å². The van der Waals surface area contributed by atoms with Crippen LogP contribution in [0.15, 0.2) is 22.5 Å². The van der Waals surface area contributed by atoms with E-state index < -0.39 is 10.0 Å². The van der Waals surface area contributed by atoms with Crippen molar-refractivity contribution >= 4 is 21.4 Å². The summed E-state index contributed by atoms with van der Waals surface area (Å²) in [5, 5.41) is 6.80. The predicted octanol–water partition coefficient (Wildman–Crippen LogP) is 2.00. The molecule has 2 rings (SSSR count). The molecule has 0 atom stereocenters. The Morgan fingerprint density at radius 2 is 2.16 bits per heavy atom. The molecule has 104 valence electrons. The molecule has 0 bridgehead atoms. The van der Waals surface area contributed by atoms with Crippen molar-refractivity contribution in [2.45, 2.75) is 30.9 Å². The Hall–Kier alpha value is -1.18. The van der Waals surface area contributed by atoms with E-state index in [4.69, 9.17) is 0 Å². The van der Waals surface area contributed by atoms with Gasteiger partial charge in [0.1, 0.15) is 4.21 Å². The van der Waals surface area contributed by atoms with E-state index >= 15 is 0 Å². The van der Waals surface area contributed by atoms with Crippen LogP contribution in [0.25, 0.3) is 0 Å². The fraction of sp³-hybridized carbons (Fsp3) is 0.417. The first-order valence-electron chi connectivity index (χ1n) is 6.04. The molecule has 2 heterocycles. The quantitative estimate of drug-likeness (QED) is 0.801. The first kappa shape index (κ1) is 14.2. The maximum absolute atomic E-state index is 12.0. The highest BCUT2D eigenvalue weighted by Gasteiger charge is 2.15. The summed E-state index contributed by atoms with van der Waals surface area (Å²) in [5.41, 5.74) is 2.17. The van der Waals surface area contributed by atoms with E-state index in [2.05, 4.69) is 14.9 Å². The van der Waals surface area contributed by atoms with Crippen molar-refractivity contribution in [3.63, 3.8) is 0 Å². The molecule has 2 aromatic rings. The number of nitrogens with zero attached hydrogens (tertiary/aromatic N) is 1. The predicted molar refractivity (Wildman–Crippen MR) is 75.9 cm³/mol. The third kappa shape index (κ3) is 3.65. The van der Waals surface area contributed by atoms with Gasteiger partial charge in [-0.3, -0.25) is 5.10 Å². The van der Waals surface area contributed by atoms with Crippen LogP contribution in [0, 0.1) is 13.8 Å². The van der Waals surface area contributed by atoms with Crippen molar-refractivity contribution in [1.29, 1.82) is 0 Å². The minimum atomic E-state index is -3.35. The lowest BCUT2D eigenvalue weighted by Crippen LogP contribution is -2.24. The molecule has 0 amide bonds. The minimum absolute atomic E-state index is 0.379. The van der Waals surface area contributed by atoms with Crippen molar-refractivity contribution in [1.82, 2.24) is 14.9 Å². The van der Waals surface area contributed by atoms with Crippen LogP contribution in [0.4, 0.5) is 0 Å². The second-order valence-electron chi connectivity index (χ2n) is 4.39. The third-order valence-corrected chi connectivity index (χ3v) is 5.78. The van der Waals surface area contributed by atoms with Crippen molar-refractivity contribution < 1.29 is 8.42 Å². The summed E-state index contributed by atoms with van der Waals surface area (Å²) in [6.45, 7) is 4.29. The van der Waals surface area contributed by atoms with Gasteiger partial charge in [0.15, 0.2) is 0 Å². The summed E-state index contributed by atoms with van der Waals surface area (Å²) in [6.07, 6.45) is 3.35. The van der Waals surface area contributed by atoms with E-state index in [9.17, 15) is 8.42 Å². The van der Waals surface area contributed by atoms with Crippen LogP contribution in [-0.2, 0) is 16.4 Å². The molecular formula is C12H17N3O2S2. The Labute approximate surface area is 117 Å². The number of aromatic amines is 1. The number of nitrogens with one attached hydrogen (secondary N) is 2. The average Bonchev–Trinajstić information content (AvgIpc) is 2.94. The Morgan fingerprint density at radius 1 is 1.37 bits per heavy atom. The fourth-order valence-electron chi connectivity index (χ4n) is 1.74. The van der Waals surface area contributed by atoms with Gasteiger partial charge in [0.05, 0.1) is 6.20 Å². The summed E-state index contributed by atoms with van der Waals surface area (Å²) in [4.78, 5) is 0.995. The van der Waals surface area contributed by atoms with Crippen molar-refractivity contribution in [3.8, 4) is 0 Å². The third-order valence-electron chi connectivity index (χ3n) is 2.83. The Balaban J connectivity index is 1.84. The van der Waals surface area contributed by atoms with Crippen molar-refractivity contribution in [3.05, 3.63) is 34.5 Å². The summed E-state index contributed by atoms with van der Waals surface area (Å²) >= 11 is 1.29. The molecule has 0 aliphatic rings. The van der Waals surface area contributed by atoms with Crippen molar-refractivity contribution in [2.75, 3.05) is 6.54 Å². The fourth-order valence-corrected chi connectivity index (χ4v) is 4.14. The molecule has 0 fully saturated rings. The molecule has 2 aromatic heterocycles. The molecule has 0 saturated carbocycles. The zero-order valence-electron chi connectivity index (χ0n) is 10.9. The van der Waals surface area contributed by atoms with Crippen LogP contribution < -0.4 is 4.72 Å². The molecule has 0 aliphatic carbocycles. The minimum Gasteiger partial charge on any atom is -0.283 e. The Kier molecular flexibility index (Phi) is 4.38. The monoisotopic (exact) mass is 299 g/mol. The zero-order chi connectivity index (χ0) is 13.9. The number of aryl methyl sites for hydroxylation is 3. The van der Waals surface area contributed by atoms with Crippen LogP contribution >= 0.6 is 11.3 Å². The molecule has 0 spiro atoms. The standard InChI is InChI=1S/C12H17N3O2S2/c1-9-5-6-12(18-9)19(16,17)14-7-3-4-11-8-13-15-10(11)2/h5-6,8,14H,3-4,7H2,1-2H3,(H,13,15). The lowest BCUT2D eigenvalue weighted by atomic mass is 10.1. The van der Waals surface area contributed by atoms with Gasteiger partial charge in [-0.2, -0.15) is 5.10 Å². The lowest BCUT2D eigenvalue weighted by Gasteiger charge is -2.04. The number of H-pyrrole nitrogens is 1. The largest absolute Gasteiger partial charge is 0.283 e. The maximum Gasteiger partial charge on any atom is 0.250 e. The smallest absolute Gasteiger partial charge is 0.250 e. The highest BCUT2D eigenvalue weighted by molar-refractivity contribution is 7.91. The highest BCUT2D eigenvalue weighted by Crippen LogP contribution is 2.20. The molecule has 0 aromatic carbocycles. The number of thiophene rings is 1. The summed E-state index contributed by atoms with van der Waals surface area (Å²) in [6, 6.07) is 3.45. The van der Waals surface area contributed by atoms with E-state index in [1.165, 1.54) is 11.3 Å². The molecule has 0 unspecified atom stereocenters. The van der Waals surface area contributed by atoms with Crippen LogP contribution in [0.1, 0.15) is 22.6 Å². The number of hydrogen-bond donors (Lipinski definition) is 2. The summed E-state index contributed by atoms with van der Waals surface area (Å²) < 4.78 is 26.9. The van der Waals surface area contributed by atoms with E-state index in [1.807, 2.05) is 19.9 Å². The normalized spacial score (nSPS) is 11.9. The highest BCUT2D eigenvalue weighted by atomic mass is 32.2. The van der Waals surface area contributed by atoms with Gasteiger partial charge in [0, 0.05) is 17.1 Å². The van der Waals surface area contributed by atoms with Crippen LogP contribution in [0.5, 0.6) is 0 Å². The Bertz CT molecular complexity index is 643. The van der Waals surface area contributed by atoms with Crippen LogP contribution in [0.3, 0.4) is 0 Å². The number of hydrogen-bond acceptors (Lipinski definition) is 4. The summed E-state index contributed by atoms with van der Waals surface area (Å²) in [7, 11) is -3.35. The van der Waals surface area contributed by atoms with Gasteiger partial charge in [0.2, 0.25) is 10.0 Å². The average molecular weight is 299 g/mol. The van der Waals surface area contributed by atoms with E-state index in [-0.39, 0.29) is 0 Å². The maximum atomic E-state index is 12.0. The molecule has 2 N–H and O–H groups in total. The van der Waals surface area contributed by atoms with Gasteiger partial charge in [-0.25, -0.2) is 13.1 Å². The lowest BCUT2D eigenvalue weighted by molar-refractivity contribution is 0.581. The van der Waals surface area contributed by atoms with Gasteiger partial charge in [-0.05, 0) is 44.4 Å². The molecular weight excluding hydrogens is 282 g/mol. The first-order valence-corrected chi connectivity index (χ1v) is 8.34. The van der Waals surface area contributed by atoms with Crippen LogP contribution in [0.2, 0.25) is 0 Å². The number of rotatable bonds is 6. The van der Waals surface area contributed by atoms with E-state index in [0.29, 0.717) is 10.8 Å². The molecule has 0 aliphatic heterocycles. The Morgan fingerprint density at radius 3 is 2.74 bits per heavy atom. The van der Waals surface area contributed by atoms with Crippen molar-refractivity contribution in [2.24, 2.45) is 0 Å². The second kappa shape index (κ2) is 5.85. The van der Waals surface area contributed by atoms with Crippen LogP contribution in [-0.4, -0.2) is 25.2 Å². The number of aromatic nitrogens is 2. The van der Waals surface area contributed by atoms with Gasteiger partial charge < -0.3 is 0 Å². The zero-order valence-corrected chi connectivity index (χ0v) is 12.6. The first-order chi connectivity index (χ1) is 8.99. The second-order valence-corrected chi connectivity index (χ2v) is 7.67. The SMILES string of the molecule is Cc1ccc(S(=O)(=O)NCCCc2cn[nH]c2C)s1. The molecule has 7 heteroatoms. The molecule has 0 saturated heterocycles. The topological polar surface area (TPSA) is 74.8 Å². The number of sulfonamides is 1. The summed E-state index contributed by atoms with van der Waals surface area (Å²) in [5.74, 6) is 0. The van der Waals surface area contributed by atoms with Gasteiger partial charge >= 0.3 is 0 Å². The van der Waals surface area contributed by atoms with E-state index in [1.54, 1.807) is 12.3 Å². The van der Waals surface area contributed by atoms with Gasteiger partial charge in [-0.15, -0.1) is 11.3 Å². The van der Waals surface area contributed by atoms with Gasteiger partial charge in [-0.1, -0.05) is 0 Å². The molecule has 19 heavy (non-hydrogen) atoms.